The summed E-state index contributed by atoms with van der Waals surface area (Å²) in [5.41, 5.74) is 2.17. The Kier molecular flexibility index (Phi) is 3.25. The first-order valence-corrected chi connectivity index (χ1v) is 6.69. The first kappa shape index (κ1) is 11.9. The zero-order valence-electron chi connectivity index (χ0n) is 10.4. The van der Waals surface area contributed by atoms with Crippen molar-refractivity contribution in [1.82, 2.24) is 9.97 Å². The van der Waals surface area contributed by atoms with Crippen molar-refractivity contribution in [2.75, 3.05) is 7.11 Å². The summed E-state index contributed by atoms with van der Waals surface area (Å²) < 4.78 is 5.46. The standard InChI is InChI=1S/C15H12N2OS/c1-18-13-8-14(11-4-2-6-16-9-11)19-15(13)12-5-3-7-17-10-12/h2-10H,1H3. The van der Waals surface area contributed by atoms with Crippen LogP contribution in [0.15, 0.2) is 55.1 Å². The third-order valence-corrected chi connectivity index (χ3v) is 4.00. The molecule has 3 heterocycles. The highest BCUT2D eigenvalue weighted by atomic mass is 32.1. The molecule has 0 N–H and O–H groups in total. The molecule has 0 atom stereocenters. The number of rotatable bonds is 3. The summed E-state index contributed by atoms with van der Waals surface area (Å²) >= 11 is 1.69. The molecule has 3 aromatic rings. The molecule has 0 aliphatic carbocycles. The predicted molar refractivity (Wildman–Crippen MR) is 77.3 cm³/mol. The lowest BCUT2D eigenvalue weighted by Gasteiger charge is -2.00. The number of aromatic nitrogens is 2. The molecule has 0 unspecified atom stereocenters. The van der Waals surface area contributed by atoms with Crippen molar-refractivity contribution in [1.29, 1.82) is 0 Å². The van der Waals surface area contributed by atoms with Crippen LogP contribution >= 0.6 is 11.3 Å². The molecule has 0 aromatic carbocycles. The molecule has 0 spiro atoms. The Bertz CT molecular complexity index is 665. The van der Waals surface area contributed by atoms with E-state index >= 15 is 0 Å². The molecule has 3 aromatic heterocycles. The zero-order chi connectivity index (χ0) is 13.1. The third-order valence-electron chi connectivity index (χ3n) is 2.79. The number of hydrogen-bond donors (Lipinski definition) is 0. The average Bonchev–Trinajstić information content (AvgIpc) is 2.93. The summed E-state index contributed by atoms with van der Waals surface area (Å²) in [5.74, 6) is 0.872. The lowest BCUT2D eigenvalue weighted by molar-refractivity contribution is 0.418. The van der Waals surface area contributed by atoms with Gasteiger partial charge in [-0.15, -0.1) is 11.3 Å². The maximum absolute atomic E-state index is 5.46. The maximum atomic E-state index is 5.46. The second kappa shape index (κ2) is 5.20. The van der Waals surface area contributed by atoms with Crippen LogP contribution in [0.5, 0.6) is 5.75 Å². The molecule has 0 bridgehead atoms. The minimum absolute atomic E-state index is 0.872. The van der Waals surface area contributed by atoms with Gasteiger partial charge in [0.15, 0.2) is 0 Å². The lowest BCUT2D eigenvalue weighted by atomic mass is 10.2. The topological polar surface area (TPSA) is 35.0 Å². The Morgan fingerprint density at radius 3 is 2.26 bits per heavy atom. The van der Waals surface area contributed by atoms with E-state index in [0.717, 1.165) is 26.6 Å². The molecule has 3 nitrogen and oxygen atoms in total. The van der Waals surface area contributed by atoms with Crippen LogP contribution in [-0.4, -0.2) is 17.1 Å². The molecule has 0 aliphatic rings. The van der Waals surface area contributed by atoms with E-state index in [1.807, 2.05) is 42.7 Å². The highest BCUT2D eigenvalue weighted by molar-refractivity contribution is 7.19. The fourth-order valence-electron chi connectivity index (χ4n) is 1.87. The van der Waals surface area contributed by atoms with Gasteiger partial charge in [-0.25, -0.2) is 0 Å². The van der Waals surface area contributed by atoms with Gasteiger partial charge in [-0.05, 0) is 18.2 Å². The number of thiophene rings is 1. The second-order valence-corrected chi connectivity index (χ2v) is 5.04. The largest absolute Gasteiger partial charge is 0.495 e. The van der Waals surface area contributed by atoms with Crippen LogP contribution in [-0.2, 0) is 0 Å². The van der Waals surface area contributed by atoms with Crippen LogP contribution in [0.3, 0.4) is 0 Å². The summed E-state index contributed by atoms with van der Waals surface area (Å²) in [4.78, 5) is 10.5. The van der Waals surface area contributed by atoms with Crippen LogP contribution in [0.1, 0.15) is 0 Å². The fourth-order valence-corrected chi connectivity index (χ4v) is 2.98. The summed E-state index contributed by atoms with van der Waals surface area (Å²) in [6.45, 7) is 0. The van der Waals surface area contributed by atoms with Gasteiger partial charge < -0.3 is 4.74 Å². The first-order valence-electron chi connectivity index (χ1n) is 5.87. The van der Waals surface area contributed by atoms with E-state index in [9.17, 15) is 0 Å². The van der Waals surface area contributed by atoms with Crippen LogP contribution in [0.25, 0.3) is 20.9 Å². The van der Waals surface area contributed by atoms with Gasteiger partial charge in [0.1, 0.15) is 5.75 Å². The SMILES string of the molecule is COc1cc(-c2cccnc2)sc1-c1cccnc1. The molecule has 94 valence electrons. The number of nitrogens with zero attached hydrogens (tertiary/aromatic N) is 2. The van der Waals surface area contributed by atoms with Crippen molar-refractivity contribution in [2.45, 2.75) is 0 Å². The molecule has 0 saturated carbocycles. The number of methoxy groups -OCH3 is 1. The van der Waals surface area contributed by atoms with Crippen LogP contribution in [0, 0.1) is 0 Å². The van der Waals surface area contributed by atoms with E-state index in [1.165, 1.54) is 0 Å². The molecule has 3 rings (SSSR count). The second-order valence-electron chi connectivity index (χ2n) is 3.99. The molecular formula is C15H12N2OS. The van der Waals surface area contributed by atoms with Gasteiger partial charge >= 0.3 is 0 Å². The Balaban J connectivity index is 2.09. The van der Waals surface area contributed by atoms with Crippen LogP contribution < -0.4 is 4.74 Å². The van der Waals surface area contributed by atoms with Gasteiger partial charge in [0.05, 0.1) is 12.0 Å². The fraction of sp³-hybridized carbons (Fsp3) is 0.0667. The highest BCUT2D eigenvalue weighted by Crippen LogP contribution is 2.42. The molecule has 0 radical (unpaired) electrons. The Hall–Kier alpha value is -2.20. The summed E-state index contributed by atoms with van der Waals surface area (Å²) in [5, 5.41) is 0. The van der Waals surface area contributed by atoms with E-state index in [0.29, 0.717) is 0 Å². The minimum Gasteiger partial charge on any atom is -0.495 e. The predicted octanol–water partition coefficient (Wildman–Crippen LogP) is 3.88. The summed E-state index contributed by atoms with van der Waals surface area (Å²) in [6, 6.07) is 9.99. The third kappa shape index (κ3) is 2.35. The minimum atomic E-state index is 0.872. The van der Waals surface area contributed by atoms with Crippen molar-refractivity contribution in [3.63, 3.8) is 0 Å². The molecule has 4 heteroatoms. The smallest absolute Gasteiger partial charge is 0.138 e. The van der Waals surface area contributed by atoms with Crippen molar-refractivity contribution < 1.29 is 4.74 Å². The number of ether oxygens (including phenoxy) is 1. The van der Waals surface area contributed by atoms with Crippen LogP contribution in [0.2, 0.25) is 0 Å². The summed E-state index contributed by atoms with van der Waals surface area (Å²) in [7, 11) is 1.69. The number of hydrogen-bond acceptors (Lipinski definition) is 4. The highest BCUT2D eigenvalue weighted by Gasteiger charge is 2.12. The monoisotopic (exact) mass is 268 g/mol. The Morgan fingerprint density at radius 1 is 1.00 bits per heavy atom. The van der Waals surface area contributed by atoms with Crippen molar-refractivity contribution in [3.05, 3.63) is 55.1 Å². The van der Waals surface area contributed by atoms with Crippen LogP contribution in [0.4, 0.5) is 0 Å². The van der Waals surface area contributed by atoms with Gasteiger partial charge in [0.25, 0.3) is 0 Å². The molecule has 0 fully saturated rings. The number of pyridine rings is 2. The quantitative estimate of drug-likeness (QED) is 0.723. The van der Waals surface area contributed by atoms with E-state index < -0.39 is 0 Å². The Morgan fingerprint density at radius 2 is 1.68 bits per heavy atom. The van der Waals surface area contributed by atoms with E-state index in [2.05, 4.69) is 9.97 Å². The van der Waals surface area contributed by atoms with Crippen molar-refractivity contribution in [3.8, 4) is 26.6 Å². The van der Waals surface area contributed by atoms with Gasteiger partial charge in [-0.3, -0.25) is 9.97 Å². The first-order chi connectivity index (χ1) is 9.38. The van der Waals surface area contributed by atoms with E-state index in [1.54, 1.807) is 30.8 Å². The van der Waals surface area contributed by atoms with Gasteiger partial charge in [-0.2, -0.15) is 0 Å². The van der Waals surface area contributed by atoms with Gasteiger partial charge in [0, 0.05) is 40.8 Å². The van der Waals surface area contributed by atoms with Crippen molar-refractivity contribution >= 4 is 11.3 Å². The van der Waals surface area contributed by atoms with E-state index in [-0.39, 0.29) is 0 Å². The van der Waals surface area contributed by atoms with Gasteiger partial charge in [-0.1, -0.05) is 12.1 Å². The normalized spacial score (nSPS) is 10.4. The molecule has 0 aliphatic heterocycles. The van der Waals surface area contributed by atoms with Gasteiger partial charge in [0.2, 0.25) is 0 Å². The molecule has 0 saturated heterocycles. The molecule has 0 amide bonds. The zero-order valence-corrected chi connectivity index (χ0v) is 11.2. The average molecular weight is 268 g/mol. The van der Waals surface area contributed by atoms with E-state index in [4.69, 9.17) is 4.74 Å². The molecular weight excluding hydrogens is 256 g/mol. The summed E-state index contributed by atoms with van der Waals surface area (Å²) in [6.07, 6.45) is 7.25. The Labute approximate surface area is 115 Å². The maximum Gasteiger partial charge on any atom is 0.138 e. The lowest BCUT2D eigenvalue weighted by Crippen LogP contribution is -1.82. The molecule has 19 heavy (non-hydrogen) atoms. The van der Waals surface area contributed by atoms with Crippen molar-refractivity contribution in [2.24, 2.45) is 0 Å².